The van der Waals surface area contributed by atoms with Gasteiger partial charge in [-0.2, -0.15) is 4.31 Å². The standard InChI is InChI=1S/C21H28N2O4S/c1-17-9-10-18(2)20(15-17)28(25,26)23(16-21(24)22-12-14-27-3)13-11-19-7-5-4-6-8-19/h4-10,15H,11-14,16H2,1-3H3,(H,22,24). The molecule has 0 unspecified atom stereocenters. The molecule has 28 heavy (non-hydrogen) atoms. The summed E-state index contributed by atoms with van der Waals surface area (Å²) in [7, 11) is -2.26. The first kappa shape index (κ1) is 22.1. The van der Waals surface area contributed by atoms with Gasteiger partial charge in [0.25, 0.3) is 0 Å². The fourth-order valence-corrected chi connectivity index (χ4v) is 4.52. The molecule has 0 radical (unpaired) electrons. The highest BCUT2D eigenvalue weighted by atomic mass is 32.2. The molecule has 0 heterocycles. The van der Waals surface area contributed by atoms with E-state index in [-0.39, 0.29) is 23.9 Å². The van der Waals surface area contributed by atoms with Gasteiger partial charge in [0.2, 0.25) is 15.9 Å². The highest BCUT2D eigenvalue weighted by Crippen LogP contribution is 2.21. The number of sulfonamides is 1. The largest absolute Gasteiger partial charge is 0.383 e. The third-order valence-corrected chi connectivity index (χ3v) is 6.39. The van der Waals surface area contributed by atoms with Gasteiger partial charge in [-0.3, -0.25) is 4.79 Å². The number of amides is 1. The second-order valence-electron chi connectivity index (χ2n) is 6.69. The Morgan fingerprint density at radius 2 is 1.82 bits per heavy atom. The van der Waals surface area contributed by atoms with E-state index in [1.165, 1.54) is 4.31 Å². The van der Waals surface area contributed by atoms with Crippen molar-refractivity contribution in [3.8, 4) is 0 Å². The highest BCUT2D eigenvalue weighted by Gasteiger charge is 2.28. The molecule has 0 spiro atoms. The molecule has 0 bridgehead atoms. The second kappa shape index (κ2) is 10.4. The number of methoxy groups -OCH3 is 1. The van der Waals surface area contributed by atoms with Crippen molar-refractivity contribution in [3.05, 3.63) is 65.2 Å². The lowest BCUT2D eigenvalue weighted by Crippen LogP contribution is -2.42. The Balaban J connectivity index is 2.25. The second-order valence-corrected chi connectivity index (χ2v) is 8.59. The van der Waals surface area contributed by atoms with Crippen LogP contribution in [-0.4, -0.2) is 52.0 Å². The monoisotopic (exact) mass is 404 g/mol. The average Bonchev–Trinajstić information content (AvgIpc) is 2.67. The summed E-state index contributed by atoms with van der Waals surface area (Å²) in [6, 6.07) is 15.0. The van der Waals surface area contributed by atoms with Crippen molar-refractivity contribution in [2.45, 2.75) is 25.2 Å². The summed E-state index contributed by atoms with van der Waals surface area (Å²) in [5.41, 5.74) is 2.54. The summed E-state index contributed by atoms with van der Waals surface area (Å²) in [6.45, 7) is 4.32. The van der Waals surface area contributed by atoms with E-state index in [2.05, 4.69) is 5.32 Å². The minimum Gasteiger partial charge on any atom is -0.383 e. The van der Waals surface area contributed by atoms with Crippen molar-refractivity contribution in [1.29, 1.82) is 0 Å². The summed E-state index contributed by atoms with van der Waals surface area (Å²) in [5.74, 6) is -0.348. The molecule has 0 saturated carbocycles. The first-order valence-electron chi connectivity index (χ1n) is 9.21. The zero-order valence-corrected chi connectivity index (χ0v) is 17.5. The molecule has 2 aromatic rings. The van der Waals surface area contributed by atoms with E-state index in [1.807, 2.05) is 43.3 Å². The normalized spacial score (nSPS) is 11.6. The molecule has 152 valence electrons. The number of benzene rings is 2. The van der Waals surface area contributed by atoms with Crippen LogP contribution in [0.25, 0.3) is 0 Å². The van der Waals surface area contributed by atoms with Crippen molar-refractivity contribution in [1.82, 2.24) is 9.62 Å². The molecule has 0 aromatic heterocycles. The van der Waals surface area contributed by atoms with Gasteiger partial charge < -0.3 is 10.1 Å². The van der Waals surface area contributed by atoms with E-state index >= 15 is 0 Å². The van der Waals surface area contributed by atoms with Crippen LogP contribution in [0.4, 0.5) is 0 Å². The summed E-state index contributed by atoms with van der Waals surface area (Å²) < 4.78 is 32.8. The number of aryl methyl sites for hydroxylation is 2. The summed E-state index contributed by atoms with van der Waals surface area (Å²) in [6.07, 6.45) is 0.524. The number of ether oxygens (including phenoxy) is 1. The van der Waals surface area contributed by atoms with Crippen LogP contribution in [-0.2, 0) is 26.0 Å². The van der Waals surface area contributed by atoms with Crippen LogP contribution >= 0.6 is 0 Å². The summed E-state index contributed by atoms with van der Waals surface area (Å²) in [4.78, 5) is 12.5. The van der Waals surface area contributed by atoms with Gasteiger partial charge in [0.05, 0.1) is 18.0 Å². The van der Waals surface area contributed by atoms with Gasteiger partial charge in [-0.25, -0.2) is 8.42 Å². The molecule has 2 rings (SSSR count). The molecular weight excluding hydrogens is 376 g/mol. The number of carbonyl (C=O) groups excluding carboxylic acids is 1. The predicted molar refractivity (Wildman–Crippen MR) is 110 cm³/mol. The first-order valence-corrected chi connectivity index (χ1v) is 10.7. The van der Waals surface area contributed by atoms with Gasteiger partial charge in [0, 0.05) is 20.2 Å². The molecule has 2 aromatic carbocycles. The maximum atomic E-state index is 13.3. The number of nitrogens with zero attached hydrogens (tertiary/aromatic N) is 1. The SMILES string of the molecule is COCCNC(=O)CN(CCc1ccccc1)S(=O)(=O)c1cc(C)ccc1C. The van der Waals surface area contributed by atoms with Crippen LogP contribution in [0.15, 0.2) is 53.4 Å². The molecule has 0 fully saturated rings. The Morgan fingerprint density at radius 1 is 1.11 bits per heavy atom. The van der Waals surface area contributed by atoms with E-state index in [0.717, 1.165) is 11.1 Å². The molecule has 0 atom stereocenters. The third kappa shape index (κ3) is 6.15. The molecule has 6 nitrogen and oxygen atoms in total. The van der Waals surface area contributed by atoms with Gasteiger partial charge in [-0.15, -0.1) is 0 Å². The van der Waals surface area contributed by atoms with Gasteiger partial charge in [-0.05, 0) is 43.0 Å². The van der Waals surface area contributed by atoms with E-state index in [1.54, 1.807) is 26.2 Å². The smallest absolute Gasteiger partial charge is 0.243 e. The number of hydrogen-bond acceptors (Lipinski definition) is 4. The Hall–Kier alpha value is -2.22. The lowest BCUT2D eigenvalue weighted by atomic mass is 10.1. The van der Waals surface area contributed by atoms with Crippen molar-refractivity contribution in [2.75, 3.05) is 33.4 Å². The topological polar surface area (TPSA) is 75.7 Å². The number of nitrogens with one attached hydrogen (secondary N) is 1. The molecule has 7 heteroatoms. The van der Waals surface area contributed by atoms with Crippen molar-refractivity contribution in [3.63, 3.8) is 0 Å². The minimum absolute atomic E-state index is 0.220. The maximum Gasteiger partial charge on any atom is 0.243 e. The first-order chi connectivity index (χ1) is 13.3. The van der Waals surface area contributed by atoms with Crippen LogP contribution in [0, 0.1) is 13.8 Å². The quantitative estimate of drug-likeness (QED) is 0.617. The lowest BCUT2D eigenvalue weighted by molar-refractivity contribution is -0.121. The Labute approximate surface area is 167 Å². The Bertz CT molecular complexity index is 883. The highest BCUT2D eigenvalue weighted by molar-refractivity contribution is 7.89. The van der Waals surface area contributed by atoms with Crippen LogP contribution < -0.4 is 5.32 Å². The lowest BCUT2D eigenvalue weighted by Gasteiger charge is -2.23. The number of hydrogen-bond donors (Lipinski definition) is 1. The van der Waals surface area contributed by atoms with Crippen molar-refractivity contribution < 1.29 is 17.9 Å². The van der Waals surface area contributed by atoms with E-state index in [0.29, 0.717) is 25.1 Å². The summed E-state index contributed by atoms with van der Waals surface area (Å²) >= 11 is 0. The van der Waals surface area contributed by atoms with Gasteiger partial charge >= 0.3 is 0 Å². The van der Waals surface area contributed by atoms with E-state index in [9.17, 15) is 13.2 Å². The third-order valence-electron chi connectivity index (χ3n) is 4.40. The zero-order valence-electron chi connectivity index (χ0n) is 16.6. The molecular formula is C21H28N2O4S. The number of rotatable bonds is 10. The van der Waals surface area contributed by atoms with Crippen LogP contribution in [0.1, 0.15) is 16.7 Å². The number of carbonyl (C=O) groups is 1. The van der Waals surface area contributed by atoms with Crippen LogP contribution in [0.2, 0.25) is 0 Å². The van der Waals surface area contributed by atoms with E-state index < -0.39 is 10.0 Å². The zero-order chi connectivity index (χ0) is 20.6. The van der Waals surface area contributed by atoms with E-state index in [4.69, 9.17) is 4.74 Å². The molecule has 1 amide bonds. The molecule has 0 aliphatic rings. The molecule has 1 N–H and O–H groups in total. The van der Waals surface area contributed by atoms with Crippen LogP contribution in [0.5, 0.6) is 0 Å². The average molecular weight is 405 g/mol. The predicted octanol–water partition coefficient (Wildman–Crippen LogP) is 2.30. The Morgan fingerprint density at radius 3 is 2.50 bits per heavy atom. The van der Waals surface area contributed by atoms with Crippen molar-refractivity contribution in [2.24, 2.45) is 0 Å². The molecule has 0 aliphatic heterocycles. The summed E-state index contributed by atoms with van der Waals surface area (Å²) in [5, 5.41) is 2.69. The maximum absolute atomic E-state index is 13.3. The Kier molecular flexibility index (Phi) is 8.17. The van der Waals surface area contributed by atoms with Crippen LogP contribution in [0.3, 0.4) is 0 Å². The molecule has 0 aliphatic carbocycles. The van der Waals surface area contributed by atoms with Gasteiger partial charge in [0.15, 0.2) is 0 Å². The fraction of sp³-hybridized carbons (Fsp3) is 0.381. The minimum atomic E-state index is -3.81. The molecule has 0 saturated heterocycles. The van der Waals surface area contributed by atoms with Crippen molar-refractivity contribution >= 4 is 15.9 Å². The fourth-order valence-electron chi connectivity index (χ4n) is 2.82. The van der Waals surface area contributed by atoms with Gasteiger partial charge in [-0.1, -0.05) is 42.5 Å². The van der Waals surface area contributed by atoms with Gasteiger partial charge in [0.1, 0.15) is 0 Å².